The SMILES string of the molecule is CC(C)[C@H](C(=O)O)N1C(=O)C(=Cc2ccc(Br)cc2)SC1=S. The summed E-state index contributed by atoms with van der Waals surface area (Å²) in [5, 5.41) is 9.36. The van der Waals surface area contributed by atoms with Crippen LogP contribution in [-0.2, 0) is 9.59 Å². The maximum absolute atomic E-state index is 12.5. The van der Waals surface area contributed by atoms with Crippen molar-refractivity contribution in [3.63, 3.8) is 0 Å². The van der Waals surface area contributed by atoms with E-state index in [-0.39, 0.29) is 16.1 Å². The first-order valence-corrected chi connectivity index (χ1v) is 8.58. The summed E-state index contributed by atoms with van der Waals surface area (Å²) in [4.78, 5) is 25.6. The Hall–Kier alpha value is -1.18. The van der Waals surface area contributed by atoms with Crippen molar-refractivity contribution in [2.45, 2.75) is 19.9 Å². The average Bonchev–Trinajstić information content (AvgIpc) is 2.69. The molecule has 116 valence electrons. The van der Waals surface area contributed by atoms with E-state index in [2.05, 4.69) is 15.9 Å². The monoisotopic (exact) mass is 399 g/mol. The average molecular weight is 400 g/mol. The highest BCUT2D eigenvalue weighted by Crippen LogP contribution is 2.35. The highest BCUT2D eigenvalue weighted by Gasteiger charge is 2.41. The van der Waals surface area contributed by atoms with Crippen molar-refractivity contribution in [1.82, 2.24) is 4.90 Å². The summed E-state index contributed by atoms with van der Waals surface area (Å²) in [6, 6.07) is 6.55. The second-order valence-electron chi connectivity index (χ2n) is 5.13. The van der Waals surface area contributed by atoms with E-state index >= 15 is 0 Å². The molecule has 1 aromatic carbocycles. The van der Waals surface area contributed by atoms with Crippen LogP contribution in [0, 0.1) is 5.92 Å². The van der Waals surface area contributed by atoms with Gasteiger partial charge in [-0.2, -0.15) is 0 Å². The number of amides is 1. The normalized spacial score (nSPS) is 18.4. The topological polar surface area (TPSA) is 57.6 Å². The van der Waals surface area contributed by atoms with Gasteiger partial charge in [-0.05, 0) is 29.7 Å². The smallest absolute Gasteiger partial charge is 0.327 e. The Morgan fingerprint density at radius 1 is 1.36 bits per heavy atom. The van der Waals surface area contributed by atoms with Crippen LogP contribution in [0.2, 0.25) is 0 Å². The number of rotatable bonds is 4. The van der Waals surface area contributed by atoms with Gasteiger partial charge in [0, 0.05) is 4.47 Å². The van der Waals surface area contributed by atoms with Crippen LogP contribution >= 0.6 is 39.9 Å². The largest absolute Gasteiger partial charge is 0.480 e. The number of thioether (sulfide) groups is 1. The van der Waals surface area contributed by atoms with Gasteiger partial charge in [0.25, 0.3) is 5.91 Å². The Kier molecular flexibility index (Phi) is 5.41. The molecule has 2 rings (SSSR count). The minimum absolute atomic E-state index is 0.230. The summed E-state index contributed by atoms with van der Waals surface area (Å²) in [6.45, 7) is 3.52. The number of carbonyl (C=O) groups is 2. The van der Waals surface area contributed by atoms with Crippen LogP contribution in [0.3, 0.4) is 0 Å². The van der Waals surface area contributed by atoms with Crippen LogP contribution in [0.5, 0.6) is 0 Å². The second-order valence-corrected chi connectivity index (χ2v) is 7.72. The third-order valence-corrected chi connectivity index (χ3v) is 5.01. The molecule has 22 heavy (non-hydrogen) atoms. The van der Waals surface area contributed by atoms with E-state index in [1.165, 1.54) is 4.90 Å². The van der Waals surface area contributed by atoms with E-state index in [1.54, 1.807) is 19.9 Å². The van der Waals surface area contributed by atoms with Crippen molar-refractivity contribution in [3.8, 4) is 0 Å². The Morgan fingerprint density at radius 3 is 2.45 bits per heavy atom. The molecule has 1 amide bonds. The first-order chi connectivity index (χ1) is 10.3. The number of hydrogen-bond donors (Lipinski definition) is 1. The molecule has 0 aliphatic carbocycles. The minimum atomic E-state index is -1.05. The highest BCUT2D eigenvalue weighted by atomic mass is 79.9. The van der Waals surface area contributed by atoms with Crippen molar-refractivity contribution >= 4 is 62.2 Å². The molecule has 4 nitrogen and oxygen atoms in total. The zero-order valence-electron chi connectivity index (χ0n) is 11.9. The molecule has 0 unspecified atom stereocenters. The fourth-order valence-electron chi connectivity index (χ4n) is 2.12. The summed E-state index contributed by atoms with van der Waals surface area (Å²) in [5.41, 5.74) is 0.861. The fraction of sp³-hybridized carbons (Fsp3) is 0.267. The molecule has 1 atom stereocenters. The summed E-state index contributed by atoms with van der Waals surface area (Å²) in [6.07, 6.45) is 1.73. The van der Waals surface area contributed by atoms with Crippen LogP contribution < -0.4 is 0 Å². The quantitative estimate of drug-likeness (QED) is 0.616. The predicted octanol–water partition coefficient (Wildman–Crippen LogP) is 3.76. The lowest BCUT2D eigenvalue weighted by molar-refractivity contribution is -0.146. The van der Waals surface area contributed by atoms with Gasteiger partial charge in [-0.3, -0.25) is 9.69 Å². The van der Waals surface area contributed by atoms with E-state index in [1.807, 2.05) is 24.3 Å². The number of halogens is 1. The number of aliphatic carboxylic acids is 1. The number of thiocarbonyl (C=S) groups is 1. The third kappa shape index (κ3) is 3.59. The molecule has 7 heteroatoms. The summed E-state index contributed by atoms with van der Waals surface area (Å²) in [7, 11) is 0. The van der Waals surface area contributed by atoms with Crippen molar-refractivity contribution in [3.05, 3.63) is 39.2 Å². The van der Waals surface area contributed by atoms with Gasteiger partial charge in [-0.15, -0.1) is 0 Å². The summed E-state index contributed by atoms with van der Waals surface area (Å²) < 4.78 is 1.23. The van der Waals surface area contributed by atoms with Crippen LogP contribution in [0.4, 0.5) is 0 Å². The van der Waals surface area contributed by atoms with Crippen LogP contribution in [0.25, 0.3) is 6.08 Å². The molecule has 0 aromatic heterocycles. The van der Waals surface area contributed by atoms with Gasteiger partial charge in [0.2, 0.25) is 0 Å². The lowest BCUT2D eigenvalue weighted by atomic mass is 10.0. The molecule has 1 heterocycles. The standard InChI is InChI=1S/C15H14BrNO3S2/c1-8(2)12(14(19)20)17-13(18)11(22-15(17)21)7-9-3-5-10(16)6-4-9/h3-8,12H,1-2H3,(H,19,20)/t12-/m1/s1. The number of nitrogens with zero attached hydrogens (tertiary/aromatic N) is 1. The van der Waals surface area contributed by atoms with Crippen molar-refractivity contribution in [2.24, 2.45) is 5.92 Å². The van der Waals surface area contributed by atoms with Gasteiger partial charge in [-0.25, -0.2) is 4.79 Å². The number of benzene rings is 1. The van der Waals surface area contributed by atoms with Crippen molar-refractivity contribution in [1.29, 1.82) is 0 Å². The van der Waals surface area contributed by atoms with Gasteiger partial charge in [0.15, 0.2) is 0 Å². The molecule has 1 aromatic rings. The zero-order chi connectivity index (χ0) is 16.4. The molecule has 0 bridgehead atoms. The number of carbonyl (C=O) groups excluding carboxylic acids is 1. The van der Waals surface area contributed by atoms with E-state index in [0.717, 1.165) is 21.8 Å². The molecule has 1 fully saturated rings. The Bertz CT molecular complexity index is 655. The van der Waals surface area contributed by atoms with Gasteiger partial charge in [-0.1, -0.05) is 65.9 Å². The van der Waals surface area contributed by atoms with Crippen molar-refractivity contribution in [2.75, 3.05) is 0 Å². The summed E-state index contributed by atoms with van der Waals surface area (Å²) in [5.74, 6) is -1.62. The third-order valence-electron chi connectivity index (χ3n) is 3.15. The molecular formula is C15H14BrNO3S2. The van der Waals surface area contributed by atoms with Crippen LogP contribution in [-0.4, -0.2) is 32.2 Å². The predicted molar refractivity (Wildman–Crippen MR) is 95.4 cm³/mol. The second kappa shape index (κ2) is 6.93. The highest BCUT2D eigenvalue weighted by molar-refractivity contribution is 9.10. The number of carboxylic acids is 1. The Morgan fingerprint density at radius 2 is 1.95 bits per heavy atom. The van der Waals surface area contributed by atoms with E-state index in [9.17, 15) is 14.7 Å². The molecule has 0 radical (unpaired) electrons. The molecule has 1 aliphatic heterocycles. The number of hydrogen-bond acceptors (Lipinski definition) is 4. The van der Waals surface area contributed by atoms with Gasteiger partial charge in [0.05, 0.1) is 4.91 Å². The Labute approximate surface area is 146 Å². The van der Waals surface area contributed by atoms with Gasteiger partial charge in [0.1, 0.15) is 10.4 Å². The van der Waals surface area contributed by atoms with Crippen molar-refractivity contribution < 1.29 is 14.7 Å². The van der Waals surface area contributed by atoms with Crippen LogP contribution in [0.1, 0.15) is 19.4 Å². The fourth-order valence-corrected chi connectivity index (χ4v) is 3.72. The van der Waals surface area contributed by atoms with E-state index in [4.69, 9.17) is 12.2 Å². The molecule has 1 saturated heterocycles. The molecule has 1 aliphatic rings. The van der Waals surface area contributed by atoms with Gasteiger partial charge >= 0.3 is 5.97 Å². The zero-order valence-corrected chi connectivity index (χ0v) is 15.2. The molecular weight excluding hydrogens is 386 g/mol. The maximum Gasteiger partial charge on any atom is 0.327 e. The maximum atomic E-state index is 12.5. The summed E-state index contributed by atoms with van der Waals surface area (Å²) >= 11 is 9.69. The van der Waals surface area contributed by atoms with E-state index in [0.29, 0.717) is 4.91 Å². The lowest BCUT2D eigenvalue weighted by Gasteiger charge is -2.26. The number of carboxylic acid groups (broad SMARTS) is 1. The van der Waals surface area contributed by atoms with E-state index < -0.39 is 12.0 Å². The minimum Gasteiger partial charge on any atom is -0.480 e. The first kappa shape index (κ1) is 17.2. The first-order valence-electron chi connectivity index (χ1n) is 6.56. The Balaban J connectivity index is 2.32. The molecule has 0 saturated carbocycles. The van der Waals surface area contributed by atoms with Crippen LogP contribution in [0.15, 0.2) is 33.6 Å². The lowest BCUT2D eigenvalue weighted by Crippen LogP contribution is -2.47. The molecule has 0 spiro atoms. The molecule has 1 N–H and O–H groups in total. The van der Waals surface area contributed by atoms with Gasteiger partial charge < -0.3 is 5.11 Å².